The van der Waals surface area contributed by atoms with Crippen molar-refractivity contribution < 1.29 is 57.4 Å². The van der Waals surface area contributed by atoms with E-state index in [4.69, 9.17) is 19.3 Å². The topological polar surface area (TPSA) is 422 Å². The number of benzene rings is 3. The zero-order chi connectivity index (χ0) is 98.6. The average molecular weight is 2120 g/mol. The fourth-order valence-electron chi connectivity index (χ4n) is 23.9. The van der Waals surface area contributed by atoms with Gasteiger partial charge in [-0.15, -0.1) is 5.92 Å². The quantitative estimate of drug-likeness (QED) is 0.0581. The Morgan fingerprint density at radius 1 is 0.406 bits per heavy atom. The van der Waals surface area contributed by atoms with Crippen molar-refractivity contribution in [1.82, 2.24) is 99.1 Å². The Morgan fingerprint density at radius 2 is 0.762 bits per heavy atom. The predicted molar refractivity (Wildman–Crippen MR) is 537 cm³/mol. The molecule has 9 atom stereocenters. The molecule has 9 aliphatic heterocycles. The van der Waals surface area contributed by atoms with Gasteiger partial charge in [0.25, 0.3) is 0 Å². The van der Waals surface area contributed by atoms with Crippen molar-refractivity contribution in [2.24, 2.45) is 27.1 Å². The number of nitrogens with one attached hydrogen (secondary N) is 3. The van der Waals surface area contributed by atoms with Gasteiger partial charge in [0.15, 0.2) is 17.3 Å². The number of carbonyl (C=O) groups is 9. The molecule has 6 amide bonds. The number of rotatable bonds is 12. The minimum absolute atomic E-state index is 0. The number of anilines is 3. The summed E-state index contributed by atoms with van der Waals surface area (Å²) in [6.07, 6.45) is 20.3. The summed E-state index contributed by atoms with van der Waals surface area (Å²) in [5.74, 6) is 7.41. The van der Waals surface area contributed by atoms with Crippen LogP contribution in [0.25, 0.3) is 66.1 Å². The highest BCUT2D eigenvalue weighted by Gasteiger charge is 2.75. The molecule has 19 heterocycles. The van der Waals surface area contributed by atoms with Gasteiger partial charge < -0.3 is 44.9 Å². The minimum Gasteiger partial charge on any atom is -0.376 e. The van der Waals surface area contributed by atoms with E-state index >= 15 is 0 Å². The van der Waals surface area contributed by atoms with E-state index in [1.807, 2.05) is 119 Å². The highest BCUT2D eigenvalue weighted by molar-refractivity contribution is 9.11. The van der Waals surface area contributed by atoms with E-state index in [2.05, 4.69) is 141 Å². The number of ketones is 3. The standard InChI is InChI=1S/C36H36BrN7O4.C35H32BrN9O4.C33H30BrN7O4.CH4/c1-19-6-23(24-10-38-21(3)39-11-24)7-25-30(20(2)45)42-43(31(19)25)12-29(46)44-26-8-36(9-27(36)44)17-34-14-35(15-34,16-34)18-48-13-22-4-5-28(37)40-32(22)41-33(26)47;1-18-8-22(23-13-37-20(3)38-14-23)9-26-31(19(2)46)43-44(32(18)26)15-30(47)45-27-11-35(12-28(35)45)10-24-5-6-25(42-41-24)17-49-16-21-4-7-29(36)39-33(21)40-34(27)48;1-18-10-22(23-14-35-20(3)36-15-23)11-24-29(19(2)42)39-40(30(18)24)16-28(43)41-25-12-33(13-26(33)41)8-4-5-9-45-17-21-6-7-27(34)37-31(21)38-32(25)44;/h4-7,10-11,26-27H,8-9,12-18H2,1-3H3,(H,40,41,47);4-9,13-14,27-28H,10-12,15-17H2,1-3H3,(H,39,40,48);6-7,10-11,14-15,25-26H,8-9,12-13,16-17H2,1-3H3,(H,37,38,44);1H4/t26?,27-,34?,35?,36+;27?,28-,35+;25?,26-,33+;/m111./s1. The van der Waals surface area contributed by atoms with Crippen molar-refractivity contribution in [3.8, 4) is 45.2 Å². The first kappa shape index (κ1) is 95.7. The summed E-state index contributed by atoms with van der Waals surface area (Å²) in [4.78, 5) is 168. The maximum atomic E-state index is 14.5. The summed E-state index contributed by atoms with van der Waals surface area (Å²) < 4.78 is 24.4. The van der Waals surface area contributed by atoms with Crippen LogP contribution in [0.5, 0.6) is 0 Å². The van der Waals surface area contributed by atoms with E-state index < -0.39 is 18.1 Å². The van der Waals surface area contributed by atoms with Gasteiger partial charge in [0.1, 0.15) is 110 Å². The largest absolute Gasteiger partial charge is 0.376 e. The Kier molecular flexibility index (Phi) is 24.6. The van der Waals surface area contributed by atoms with Gasteiger partial charge in [0.2, 0.25) is 35.4 Å². The minimum atomic E-state index is -0.749. The van der Waals surface area contributed by atoms with E-state index in [1.165, 1.54) is 20.8 Å². The fraction of sp³-hybridized carbons (Fsp3) is 0.400. The molecule has 6 aliphatic carbocycles. The second kappa shape index (κ2) is 36.8. The maximum absolute atomic E-state index is 14.5. The van der Waals surface area contributed by atoms with Gasteiger partial charge in [-0.25, -0.2) is 44.9 Å². The molecule has 143 heavy (non-hydrogen) atoms. The van der Waals surface area contributed by atoms with Crippen LogP contribution in [0.15, 0.2) is 136 Å². The number of carbonyl (C=O) groups excluding carboxylic acids is 9. The first-order valence-corrected chi connectivity index (χ1v) is 49.8. The second-order valence-electron chi connectivity index (χ2n) is 40.4. The number of ether oxygens (including phenoxy) is 3. The molecule has 38 heteroatoms. The number of amides is 6. The highest BCUT2D eigenvalue weighted by Crippen LogP contribution is 2.80. The normalized spacial score (nSPS) is 24.4. The van der Waals surface area contributed by atoms with Crippen LogP contribution >= 0.6 is 47.8 Å². The zero-order valence-electron chi connectivity index (χ0n) is 79.3. The number of aryl methyl sites for hydroxylation is 6. The number of nitrogens with zero attached hydrogens (tertiary/aromatic N) is 20. The molecular weight excluding hydrogens is 2020 g/mol. The van der Waals surface area contributed by atoms with Gasteiger partial charge in [-0.05, 0) is 276 Å². The Balaban J connectivity index is 0.000000126. The number of likely N-dealkylation sites (tertiary alicyclic amines) is 3. The summed E-state index contributed by atoms with van der Waals surface area (Å²) in [5, 5.41) is 33.8. The Labute approximate surface area is 847 Å². The summed E-state index contributed by atoms with van der Waals surface area (Å²) >= 11 is 10.2. The van der Waals surface area contributed by atoms with Crippen LogP contribution in [0.2, 0.25) is 0 Å². The monoisotopic (exact) mass is 2110 g/mol. The molecule has 28 rings (SSSR count). The maximum Gasteiger partial charge on any atom is 0.248 e. The van der Waals surface area contributed by atoms with Gasteiger partial charge >= 0.3 is 0 Å². The Morgan fingerprint density at radius 3 is 1.17 bits per heavy atom. The average Bonchev–Trinajstić information content (AvgIpc) is 1.57. The molecule has 10 bridgehead atoms. The third-order valence-corrected chi connectivity index (χ3v) is 31.7. The molecule has 10 aromatic heterocycles. The molecule has 3 unspecified atom stereocenters. The van der Waals surface area contributed by atoms with Gasteiger partial charge in [-0.1, -0.05) is 31.5 Å². The number of Topliss-reactive ketones (excluding diaryl/α,β-unsaturated/α-hetero) is 3. The number of pyridine rings is 3. The molecule has 15 aliphatic rings. The van der Waals surface area contributed by atoms with Crippen molar-refractivity contribution in [1.29, 1.82) is 0 Å². The molecule has 3 spiro atoms. The molecule has 3 N–H and O–H groups in total. The summed E-state index contributed by atoms with van der Waals surface area (Å²) in [6.45, 7) is 17.5. The number of hydrogen-bond acceptors (Lipinski definition) is 26. The number of fused-ring (bicyclic) bond motifs is 10. The molecule has 6 saturated carbocycles. The van der Waals surface area contributed by atoms with Crippen molar-refractivity contribution in [2.45, 2.75) is 229 Å². The lowest BCUT2D eigenvalue weighted by atomic mass is 9.33. The fourth-order valence-corrected chi connectivity index (χ4v) is 24.8. The Bertz CT molecular complexity index is 7590. The smallest absolute Gasteiger partial charge is 0.248 e. The van der Waals surface area contributed by atoms with Crippen LogP contribution < -0.4 is 16.0 Å². The Hall–Kier alpha value is -13.5. The molecule has 3 aromatic carbocycles. The van der Waals surface area contributed by atoms with Crippen LogP contribution in [0.4, 0.5) is 17.5 Å². The van der Waals surface area contributed by atoms with Crippen LogP contribution in [0.3, 0.4) is 0 Å². The van der Waals surface area contributed by atoms with E-state index in [-0.39, 0.29) is 157 Å². The number of halogens is 3. The van der Waals surface area contributed by atoms with Gasteiger partial charge in [-0.2, -0.15) is 25.5 Å². The molecule has 9 fully saturated rings. The SMILES string of the molecule is C.CC(=O)c1nn(CC(=O)N2C3C[C@@]4(CC#CCOCc5ccc(Br)nc5NC3=O)C[C@@H]24)c2c(C)cc(-c3cnc(C)nc3)cc12.CC(=O)c1nn(CC(=O)N2C3C[C@@]4(Cc5ccc(nn5)COCc5ccc(Br)nc5NC3=O)C[C@@H]24)c2c(C)cc(-c3cnc(C)nc3)cc12.CC(=O)c1nn(CC(=O)N2C3C[C@]4(C[C@@H]24)CC24CC(COCc5ccc(Br)nc5NC3=O)(C2)C4)c2c(C)cc(-c3cnc(C)nc3)cc12. The first-order chi connectivity index (χ1) is 68.2. The molecule has 35 nitrogen and oxygen atoms in total. The number of piperidine rings is 3. The molecule has 0 radical (unpaired) electrons. The van der Waals surface area contributed by atoms with Crippen LogP contribution in [-0.4, -0.2) is 201 Å². The molecular formula is C105H102Br3N23O12. The van der Waals surface area contributed by atoms with Crippen LogP contribution in [0.1, 0.15) is 193 Å². The van der Waals surface area contributed by atoms with Crippen molar-refractivity contribution in [3.05, 3.63) is 215 Å². The summed E-state index contributed by atoms with van der Waals surface area (Å²) in [7, 11) is 0. The zero-order valence-corrected chi connectivity index (χ0v) is 84.1. The van der Waals surface area contributed by atoms with Crippen LogP contribution in [-0.2, 0) is 95.5 Å². The summed E-state index contributed by atoms with van der Waals surface area (Å²) in [6, 6.07) is 24.2. The van der Waals surface area contributed by atoms with E-state index in [0.717, 1.165) is 124 Å². The van der Waals surface area contributed by atoms with Gasteiger partial charge in [0, 0.05) is 143 Å². The lowest BCUT2D eigenvalue weighted by molar-refractivity contribution is -0.242. The van der Waals surface area contributed by atoms with E-state index in [0.29, 0.717) is 137 Å². The second-order valence-corrected chi connectivity index (χ2v) is 42.9. The lowest BCUT2D eigenvalue weighted by Gasteiger charge is -2.72. The van der Waals surface area contributed by atoms with Gasteiger partial charge in [-0.3, -0.25) is 57.2 Å². The van der Waals surface area contributed by atoms with Gasteiger partial charge in [0.05, 0.1) is 61.0 Å². The van der Waals surface area contributed by atoms with Crippen molar-refractivity contribution in [3.63, 3.8) is 0 Å². The van der Waals surface area contributed by atoms with E-state index in [1.54, 1.807) is 73.2 Å². The van der Waals surface area contributed by atoms with Crippen molar-refractivity contribution >= 4 is 151 Å². The predicted octanol–water partition coefficient (Wildman–Crippen LogP) is 15.1. The number of hydrogen-bond donors (Lipinski definition) is 3. The third kappa shape index (κ3) is 17.9. The van der Waals surface area contributed by atoms with Crippen LogP contribution in [0, 0.1) is 80.5 Å². The first-order valence-electron chi connectivity index (χ1n) is 47.4. The molecule has 3 saturated heterocycles. The van der Waals surface area contributed by atoms with Crippen molar-refractivity contribution in [2.75, 3.05) is 29.2 Å². The summed E-state index contributed by atoms with van der Waals surface area (Å²) in [5.41, 5.74) is 14.3. The third-order valence-electron chi connectivity index (χ3n) is 30.3. The van der Waals surface area contributed by atoms with E-state index in [9.17, 15) is 43.2 Å². The number of aromatic nitrogens is 17. The molecule has 730 valence electrons. The lowest BCUT2D eigenvalue weighted by Crippen LogP contribution is -2.64. The molecule has 13 aromatic rings. The highest BCUT2D eigenvalue weighted by atomic mass is 79.9.